The Kier molecular flexibility index (Phi) is 5.47. The Labute approximate surface area is 119 Å². The van der Waals surface area contributed by atoms with Crippen molar-refractivity contribution in [1.29, 1.82) is 0 Å². The lowest BCUT2D eigenvalue weighted by Crippen LogP contribution is -2.41. The normalized spacial score (nSPS) is 12.3. The van der Waals surface area contributed by atoms with Gasteiger partial charge in [-0.3, -0.25) is 4.79 Å². The fraction of sp³-hybridized carbons (Fsp3) is 0.385. The van der Waals surface area contributed by atoms with Crippen LogP contribution in [0.5, 0.6) is 0 Å². The highest BCUT2D eigenvalue weighted by Gasteiger charge is 2.23. The zero-order chi connectivity index (χ0) is 14.6. The van der Waals surface area contributed by atoms with Gasteiger partial charge in [-0.1, -0.05) is 29.8 Å². The standard InChI is InChI=1S/C13H15BrFNO3/c1-7(2)5-11(13(18)19)16-12(17)9-4-3-8(14)6-10(9)15/h3-4,6-7,11H,5H2,1-2H3,(H,16,17)(H,18,19)/t11-/m1/s1. The Morgan fingerprint density at radius 2 is 2.05 bits per heavy atom. The van der Waals surface area contributed by atoms with Gasteiger partial charge in [0.15, 0.2) is 0 Å². The van der Waals surface area contributed by atoms with Gasteiger partial charge in [-0.05, 0) is 30.5 Å². The fourth-order valence-electron chi connectivity index (χ4n) is 1.60. The van der Waals surface area contributed by atoms with E-state index >= 15 is 0 Å². The molecule has 1 amide bonds. The molecular weight excluding hydrogens is 317 g/mol. The van der Waals surface area contributed by atoms with Gasteiger partial charge in [0, 0.05) is 4.47 Å². The Morgan fingerprint density at radius 3 is 2.53 bits per heavy atom. The molecule has 0 spiro atoms. The Balaban J connectivity index is 2.84. The summed E-state index contributed by atoms with van der Waals surface area (Å²) in [6.07, 6.45) is 0.291. The Bertz CT molecular complexity index is 491. The first-order chi connectivity index (χ1) is 8.81. The minimum Gasteiger partial charge on any atom is -0.480 e. The molecule has 0 unspecified atom stereocenters. The quantitative estimate of drug-likeness (QED) is 0.871. The number of nitrogens with one attached hydrogen (secondary N) is 1. The van der Waals surface area contributed by atoms with E-state index in [0.29, 0.717) is 10.9 Å². The van der Waals surface area contributed by atoms with E-state index in [-0.39, 0.29) is 11.5 Å². The Hall–Kier alpha value is -1.43. The predicted molar refractivity (Wildman–Crippen MR) is 72.4 cm³/mol. The van der Waals surface area contributed by atoms with Crippen LogP contribution < -0.4 is 5.32 Å². The van der Waals surface area contributed by atoms with Gasteiger partial charge in [-0.2, -0.15) is 0 Å². The van der Waals surface area contributed by atoms with Crippen molar-refractivity contribution in [3.8, 4) is 0 Å². The second kappa shape index (κ2) is 6.65. The molecule has 0 saturated heterocycles. The number of benzene rings is 1. The third-order valence-electron chi connectivity index (χ3n) is 2.49. The van der Waals surface area contributed by atoms with Crippen molar-refractivity contribution in [3.05, 3.63) is 34.1 Å². The van der Waals surface area contributed by atoms with Gasteiger partial charge in [-0.25, -0.2) is 9.18 Å². The van der Waals surface area contributed by atoms with Crippen LogP contribution in [0, 0.1) is 11.7 Å². The van der Waals surface area contributed by atoms with Crippen LogP contribution in [-0.2, 0) is 4.79 Å². The van der Waals surface area contributed by atoms with E-state index in [0.717, 1.165) is 6.07 Å². The van der Waals surface area contributed by atoms with Crippen LogP contribution in [0.25, 0.3) is 0 Å². The van der Waals surface area contributed by atoms with Gasteiger partial charge in [0.2, 0.25) is 0 Å². The SMILES string of the molecule is CC(C)C[C@@H](NC(=O)c1ccc(Br)cc1F)C(=O)O. The zero-order valence-electron chi connectivity index (χ0n) is 10.6. The highest BCUT2D eigenvalue weighted by atomic mass is 79.9. The molecule has 0 aliphatic carbocycles. The molecule has 4 nitrogen and oxygen atoms in total. The maximum absolute atomic E-state index is 13.6. The second-order valence-corrected chi connectivity index (χ2v) is 5.53. The molecule has 0 aliphatic heterocycles. The van der Waals surface area contributed by atoms with Crippen LogP contribution in [0.3, 0.4) is 0 Å². The number of aliphatic carboxylic acids is 1. The molecule has 1 rings (SSSR count). The number of carbonyl (C=O) groups is 2. The van der Waals surface area contributed by atoms with E-state index in [1.807, 2.05) is 13.8 Å². The van der Waals surface area contributed by atoms with Gasteiger partial charge in [0.25, 0.3) is 5.91 Å². The molecule has 0 aliphatic rings. The second-order valence-electron chi connectivity index (χ2n) is 4.62. The van der Waals surface area contributed by atoms with Crippen LogP contribution >= 0.6 is 15.9 Å². The summed E-state index contributed by atoms with van der Waals surface area (Å²) in [7, 11) is 0. The minimum absolute atomic E-state index is 0.108. The highest BCUT2D eigenvalue weighted by molar-refractivity contribution is 9.10. The summed E-state index contributed by atoms with van der Waals surface area (Å²) in [6.45, 7) is 3.70. The molecule has 2 N–H and O–H groups in total. The van der Waals surface area contributed by atoms with E-state index in [4.69, 9.17) is 5.11 Å². The molecule has 1 aromatic rings. The number of halogens is 2. The lowest BCUT2D eigenvalue weighted by molar-refractivity contribution is -0.139. The van der Waals surface area contributed by atoms with E-state index in [1.54, 1.807) is 0 Å². The van der Waals surface area contributed by atoms with E-state index in [1.165, 1.54) is 12.1 Å². The molecule has 19 heavy (non-hydrogen) atoms. The molecule has 0 bridgehead atoms. The molecule has 0 aromatic heterocycles. The number of carboxylic acid groups (broad SMARTS) is 1. The Morgan fingerprint density at radius 1 is 1.42 bits per heavy atom. The van der Waals surface area contributed by atoms with Crippen molar-refractivity contribution in [2.24, 2.45) is 5.92 Å². The molecule has 0 radical (unpaired) electrons. The van der Waals surface area contributed by atoms with Crippen LogP contribution in [-0.4, -0.2) is 23.0 Å². The van der Waals surface area contributed by atoms with Crippen molar-refractivity contribution in [2.75, 3.05) is 0 Å². The molecule has 0 fully saturated rings. The maximum atomic E-state index is 13.6. The summed E-state index contributed by atoms with van der Waals surface area (Å²) < 4.78 is 14.1. The molecule has 104 valence electrons. The van der Waals surface area contributed by atoms with E-state index < -0.39 is 23.7 Å². The third kappa shape index (κ3) is 4.63. The zero-order valence-corrected chi connectivity index (χ0v) is 12.2. The molecule has 6 heteroatoms. The summed E-state index contributed by atoms with van der Waals surface area (Å²) >= 11 is 3.09. The topological polar surface area (TPSA) is 66.4 Å². The van der Waals surface area contributed by atoms with Gasteiger partial charge >= 0.3 is 5.97 Å². The largest absolute Gasteiger partial charge is 0.480 e. The van der Waals surface area contributed by atoms with Gasteiger partial charge in [0.1, 0.15) is 11.9 Å². The van der Waals surface area contributed by atoms with Crippen molar-refractivity contribution in [2.45, 2.75) is 26.3 Å². The number of rotatable bonds is 5. The molecule has 0 heterocycles. The predicted octanol–water partition coefficient (Wildman–Crippen LogP) is 2.82. The first-order valence-electron chi connectivity index (χ1n) is 5.80. The number of hydrogen-bond donors (Lipinski definition) is 2. The average Bonchev–Trinajstić information content (AvgIpc) is 2.26. The molecule has 0 saturated carbocycles. The van der Waals surface area contributed by atoms with Crippen molar-refractivity contribution in [3.63, 3.8) is 0 Å². The number of hydrogen-bond acceptors (Lipinski definition) is 2. The monoisotopic (exact) mass is 331 g/mol. The summed E-state index contributed by atoms with van der Waals surface area (Å²) in [5, 5.41) is 11.3. The van der Waals surface area contributed by atoms with Gasteiger partial charge in [0.05, 0.1) is 5.56 Å². The summed E-state index contributed by atoms with van der Waals surface area (Å²) in [5.41, 5.74) is -0.168. The number of carboxylic acids is 1. The van der Waals surface area contributed by atoms with Crippen LogP contribution in [0.2, 0.25) is 0 Å². The lowest BCUT2D eigenvalue weighted by Gasteiger charge is -2.16. The molecule has 1 aromatic carbocycles. The van der Waals surface area contributed by atoms with Crippen LogP contribution in [0.15, 0.2) is 22.7 Å². The first-order valence-corrected chi connectivity index (χ1v) is 6.59. The number of amides is 1. The summed E-state index contributed by atoms with van der Waals surface area (Å²) in [5.74, 6) is -2.44. The number of carbonyl (C=O) groups excluding carboxylic acids is 1. The molecule has 1 atom stereocenters. The van der Waals surface area contributed by atoms with Gasteiger partial charge < -0.3 is 10.4 Å². The highest BCUT2D eigenvalue weighted by Crippen LogP contribution is 2.15. The van der Waals surface area contributed by atoms with Gasteiger partial charge in [-0.15, -0.1) is 0 Å². The summed E-state index contributed by atoms with van der Waals surface area (Å²) in [6, 6.07) is 2.97. The minimum atomic E-state index is -1.13. The summed E-state index contributed by atoms with van der Waals surface area (Å²) in [4.78, 5) is 22.9. The molecular formula is C13H15BrFNO3. The van der Waals surface area contributed by atoms with E-state index in [9.17, 15) is 14.0 Å². The van der Waals surface area contributed by atoms with Crippen molar-refractivity contribution < 1.29 is 19.1 Å². The smallest absolute Gasteiger partial charge is 0.326 e. The first kappa shape index (κ1) is 15.6. The maximum Gasteiger partial charge on any atom is 0.326 e. The fourth-order valence-corrected chi connectivity index (χ4v) is 1.94. The van der Waals surface area contributed by atoms with Crippen molar-refractivity contribution >= 4 is 27.8 Å². The van der Waals surface area contributed by atoms with Crippen LogP contribution in [0.1, 0.15) is 30.6 Å². The van der Waals surface area contributed by atoms with Crippen LogP contribution in [0.4, 0.5) is 4.39 Å². The third-order valence-corrected chi connectivity index (χ3v) is 2.98. The van der Waals surface area contributed by atoms with E-state index in [2.05, 4.69) is 21.2 Å². The van der Waals surface area contributed by atoms with Crippen molar-refractivity contribution in [1.82, 2.24) is 5.32 Å². The average molecular weight is 332 g/mol. The lowest BCUT2D eigenvalue weighted by atomic mass is 10.0.